The van der Waals surface area contributed by atoms with Crippen molar-refractivity contribution in [2.24, 2.45) is 0 Å². The summed E-state index contributed by atoms with van der Waals surface area (Å²) in [5, 5.41) is 8.68. The predicted molar refractivity (Wildman–Crippen MR) is 72.2 cm³/mol. The lowest BCUT2D eigenvalue weighted by molar-refractivity contribution is -0.0255. The molecule has 0 bridgehead atoms. The third-order valence-electron chi connectivity index (χ3n) is 4.49. The molecule has 0 radical (unpaired) electrons. The Hall–Kier alpha value is -1.54. The van der Waals surface area contributed by atoms with E-state index < -0.39 is 5.72 Å². The van der Waals surface area contributed by atoms with E-state index in [4.69, 9.17) is 4.74 Å². The van der Waals surface area contributed by atoms with Gasteiger partial charge in [-0.25, -0.2) is 4.79 Å². The lowest BCUT2D eigenvalue weighted by Crippen LogP contribution is -2.56. The van der Waals surface area contributed by atoms with Crippen LogP contribution in [-0.4, -0.2) is 41.4 Å². The molecule has 2 aliphatic heterocycles. The smallest absolute Gasteiger partial charge is 0.317 e. The lowest BCUT2D eigenvalue weighted by Gasteiger charge is -2.32. The van der Waals surface area contributed by atoms with E-state index in [1.807, 2.05) is 10.6 Å². The Balaban J connectivity index is 1.82. The summed E-state index contributed by atoms with van der Waals surface area (Å²) in [6, 6.07) is 2.94. The number of hydrogen-bond donors (Lipinski definition) is 3. The Kier molecular flexibility index (Phi) is 2.30. The van der Waals surface area contributed by atoms with Gasteiger partial charge in [0.05, 0.1) is 16.7 Å². The van der Waals surface area contributed by atoms with E-state index >= 15 is 0 Å². The number of hydrogen-bond acceptors (Lipinski definition) is 3. The van der Waals surface area contributed by atoms with E-state index in [2.05, 4.69) is 31.9 Å². The first-order valence-corrected chi connectivity index (χ1v) is 7.16. The van der Waals surface area contributed by atoms with Gasteiger partial charge in [-0.15, -0.1) is 0 Å². The molecule has 2 fully saturated rings. The van der Waals surface area contributed by atoms with Crippen LogP contribution in [0.4, 0.5) is 4.79 Å². The minimum absolute atomic E-state index is 0.0325. The van der Waals surface area contributed by atoms with E-state index in [1.165, 1.54) is 0 Å². The molecule has 1 aromatic rings. The highest BCUT2D eigenvalue weighted by Crippen LogP contribution is 2.44. The molecule has 1 saturated carbocycles. The molecule has 1 aliphatic carbocycles. The zero-order chi connectivity index (χ0) is 14.1. The van der Waals surface area contributed by atoms with Crippen molar-refractivity contribution >= 4 is 27.9 Å². The largest absolute Gasteiger partial charge is 0.357 e. The van der Waals surface area contributed by atoms with Crippen LogP contribution in [0.5, 0.6) is 0 Å². The Morgan fingerprint density at radius 3 is 2.95 bits per heavy atom. The molecule has 1 aromatic heterocycles. The van der Waals surface area contributed by atoms with E-state index in [0.717, 1.165) is 4.60 Å². The number of carbonyl (C=O) groups is 2. The number of methoxy groups -OCH3 is 1. The van der Waals surface area contributed by atoms with Crippen LogP contribution in [0.3, 0.4) is 0 Å². The molecule has 1 saturated heterocycles. The highest BCUT2D eigenvalue weighted by Gasteiger charge is 2.62. The molecule has 106 valence electrons. The average Bonchev–Trinajstić information content (AvgIpc) is 3.02. The van der Waals surface area contributed by atoms with Gasteiger partial charge in [-0.1, -0.05) is 0 Å². The molecule has 8 heteroatoms. The highest BCUT2D eigenvalue weighted by molar-refractivity contribution is 9.10. The number of aromatic nitrogens is 1. The number of ether oxygens (including phenoxy) is 1. The Labute approximate surface area is 123 Å². The van der Waals surface area contributed by atoms with Crippen molar-refractivity contribution in [3.05, 3.63) is 22.4 Å². The van der Waals surface area contributed by atoms with Crippen LogP contribution in [0.25, 0.3) is 0 Å². The molecule has 3 heterocycles. The van der Waals surface area contributed by atoms with Crippen LogP contribution >= 0.6 is 15.9 Å². The number of amides is 3. The fraction of sp³-hybridized carbons (Fsp3) is 0.500. The van der Waals surface area contributed by atoms with Crippen LogP contribution in [0, 0.1) is 0 Å². The van der Waals surface area contributed by atoms with Crippen LogP contribution < -0.4 is 16.0 Å². The third-order valence-corrected chi connectivity index (χ3v) is 5.14. The van der Waals surface area contributed by atoms with Gasteiger partial charge in [-0.2, -0.15) is 0 Å². The van der Waals surface area contributed by atoms with Crippen LogP contribution in [-0.2, 0) is 4.74 Å². The molecular weight excluding hydrogens is 328 g/mol. The summed E-state index contributed by atoms with van der Waals surface area (Å²) in [6.07, 6.45) is 0.595. The maximum absolute atomic E-state index is 12.2. The molecule has 0 spiro atoms. The normalized spacial score (nSPS) is 37.6. The van der Waals surface area contributed by atoms with Crippen LogP contribution in [0.2, 0.25) is 0 Å². The third kappa shape index (κ3) is 1.33. The SMILES string of the molecule is CO[C@]12C[C@@H]3[C@@H](NC(=O)c4ccc(Br)n43)[C@H]1NC(=O)N2. The molecule has 0 aromatic carbocycles. The molecule has 7 nitrogen and oxygen atoms in total. The fourth-order valence-electron chi connectivity index (χ4n) is 3.65. The van der Waals surface area contributed by atoms with Crippen molar-refractivity contribution in [2.45, 2.75) is 30.3 Å². The minimum Gasteiger partial charge on any atom is -0.357 e. The molecule has 4 rings (SSSR count). The fourth-order valence-corrected chi connectivity index (χ4v) is 4.23. The molecule has 4 atom stereocenters. The number of nitrogens with zero attached hydrogens (tertiary/aromatic N) is 1. The first-order chi connectivity index (χ1) is 9.55. The van der Waals surface area contributed by atoms with Gasteiger partial charge in [0, 0.05) is 13.5 Å². The summed E-state index contributed by atoms with van der Waals surface area (Å²) in [6.45, 7) is 0. The van der Waals surface area contributed by atoms with Crippen molar-refractivity contribution in [1.29, 1.82) is 0 Å². The summed E-state index contributed by atoms with van der Waals surface area (Å²) in [5.41, 5.74) is -0.152. The monoisotopic (exact) mass is 340 g/mol. The quantitative estimate of drug-likeness (QED) is 0.688. The molecule has 0 unspecified atom stereocenters. The minimum atomic E-state index is -0.773. The van der Waals surface area contributed by atoms with Crippen LogP contribution in [0.15, 0.2) is 16.7 Å². The summed E-state index contributed by atoms with van der Waals surface area (Å²) < 4.78 is 8.40. The number of rotatable bonds is 1. The summed E-state index contributed by atoms with van der Waals surface area (Å²) in [4.78, 5) is 23.8. The number of urea groups is 1. The zero-order valence-electron chi connectivity index (χ0n) is 10.6. The van der Waals surface area contributed by atoms with E-state index in [1.54, 1.807) is 13.2 Å². The van der Waals surface area contributed by atoms with Gasteiger partial charge in [-0.05, 0) is 28.1 Å². The molecule has 3 N–H and O–H groups in total. The van der Waals surface area contributed by atoms with Gasteiger partial charge in [0.1, 0.15) is 11.7 Å². The summed E-state index contributed by atoms with van der Waals surface area (Å²) >= 11 is 3.48. The van der Waals surface area contributed by atoms with Gasteiger partial charge in [0.2, 0.25) is 0 Å². The number of carbonyl (C=O) groups excluding carboxylic acids is 2. The van der Waals surface area contributed by atoms with Crippen molar-refractivity contribution in [1.82, 2.24) is 20.5 Å². The Morgan fingerprint density at radius 2 is 2.20 bits per heavy atom. The van der Waals surface area contributed by atoms with E-state index in [9.17, 15) is 9.59 Å². The first-order valence-electron chi connectivity index (χ1n) is 6.37. The van der Waals surface area contributed by atoms with Crippen molar-refractivity contribution in [3.63, 3.8) is 0 Å². The maximum Gasteiger partial charge on any atom is 0.317 e. The van der Waals surface area contributed by atoms with Gasteiger partial charge in [0.25, 0.3) is 5.91 Å². The standard InChI is InChI=1S/C12H13BrN4O3/c1-20-12-4-6-8(9(12)15-11(19)16-12)14-10(18)5-2-3-7(13)17(5)6/h2-3,6,8-9H,4H2,1H3,(H,14,18)(H2,15,16,19)/t6-,8-,9-,12-/m1/s1. The summed E-state index contributed by atoms with van der Waals surface area (Å²) in [7, 11) is 1.57. The summed E-state index contributed by atoms with van der Waals surface area (Å²) in [5.74, 6) is -0.134. The Morgan fingerprint density at radius 1 is 1.40 bits per heavy atom. The predicted octanol–water partition coefficient (Wildman–Crippen LogP) is 0.332. The highest BCUT2D eigenvalue weighted by atomic mass is 79.9. The topological polar surface area (TPSA) is 84.4 Å². The number of fused-ring (bicyclic) bond motifs is 5. The molecular formula is C12H13BrN4O3. The lowest BCUT2D eigenvalue weighted by atomic mass is 10.1. The second-order valence-electron chi connectivity index (χ2n) is 5.35. The van der Waals surface area contributed by atoms with Gasteiger partial charge < -0.3 is 25.3 Å². The number of nitrogens with one attached hydrogen (secondary N) is 3. The van der Waals surface area contributed by atoms with Gasteiger partial charge >= 0.3 is 6.03 Å². The molecule has 3 aliphatic rings. The van der Waals surface area contributed by atoms with Crippen molar-refractivity contribution in [3.8, 4) is 0 Å². The van der Waals surface area contributed by atoms with E-state index in [-0.39, 0.29) is 30.1 Å². The average molecular weight is 341 g/mol. The van der Waals surface area contributed by atoms with Gasteiger partial charge in [-0.3, -0.25) is 4.79 Å². The zero-order valence-corrected chi connectivity index (χ0v) is 12.2. The Bertz CT molecular complexity index is 630. The number of halogens is 1. The second-order valence-corrected chi connectivity index (χ2v) is 6.16. The molecule has 20 heavy (non-hydrogen) atoms. The molecule has 3 amide bonds. The first kappa shape index (κ1) is 12.2. The van der Waals surface area contributed by atoms with Gasteiger partial charge in [0.15, 0.2) is 5.72 Å². The maximum atomic E-state index is 12.2. The van der Waals surface area contributed by atoms with Crippen molar-refractivity contribution in [2.75, 3.05) is 7.11 Å². The van der Waals surface area contributed by atoms with E-state index in [0.29, 0.717) is 12.1 Å². The second kappa shape index (κ2) is 3.76. The van der Waals surface area contributed by atoms with Crippen LogP contribution in [0.1, 0.15) is 23.0 Å². The van der Waals surface area contributed by atoms with Crippen molar-refractivity contribution < 1.29 is 14.3 Å².